The van der Waals surface area contributed by atoms with Crippen molar-refractivity contribution < 1.29 is 0 Å². The number of fused-ring (bicyclic) bond motifs is 1. The van der Waals surface area contributed by atoms with Crippen LogP contribution in [-0.2, 0) is 6.54 Å². The molecule has 0 fully saturated rings. The van der Waals surface area contributed by atoms with Crippen LogP contribution in [0.4, 0.5) is 0 Å². The van der Waals surface area contributed by atoms with Crippen molar-refractivity contribution in [1.29, 1.82) is 5.41 Å². The molecule has 0 amide bonds. The van der Waals surface area contributed by atoms with Gasteiger partial charge < -0.3 is 5.73 Å². The number of para-hydroxylation sites is 1. The van der Waals surface area contributed by atoms with E-state index < -0.39 is 0 Å². The van der Waals surface area contributed by atoms with Crippen molar-refractivity contribution in [1.82, 2.24) is 9.78 Å². The molecular weight excluding hydrogens is 248 g/mol. The predicted molar refractivity (Wildman–Crippen MR) is 81.0 cm³/mol. The summed E-state index contributed by atoms with van der Waals surface area (Å²) in [5.74, 6) is 0.00357. The van der Waals surface area contributed by atoms with Gasteiger partial charge in [-0.15, -0.1) is 0 Å². The van der Waals surface area contributed by atoms with E-state index in [0.29, 0.717) is 12.2 Å². The Kier molecular flexibility index (Phi) is 2.99. The lowest BCUT2D eigenvalue weighted by molar-refractivity contribution is 0.709. The van der Waals surface area contributed by atoms with Gasteiger partial charge in [0.2, 0.25) is 0 Å². The second-order valence-electron chi connectivity index (χ2n) is 4.92. The fourth-order valence-corrected chi connectivity index (χ4v) is 2.31. The van der Waals surface area contributed by atoms with Crippen LogP contribution in [0.5, 0.6) is 0 Å². The third-order valence-electron chi connectivity index (χ3n) is 3.37. The first-order valence-corrected chi connectivity index (χ1v) is 6.50. The van der Waals surface area contributed by atoms with Crippen LogP contribution in [0.1, 0.15) is 16.8 Å². The molecule has 0 radical (unpaired) electrons. The molecule has 3 rings (SSSR count). The molecule has 4 heteroatoms. The molecular formula is C16H16N4. The van der Waals surface area contributed by atoms with E-state index in [1.165, 1.54) is 11.1 Å². The number of aryl methyl sites for hydroxylation is 1. The number of hydrogen-bond acceptors (Lipinski definition) is 2. The van der Waals surface area contributed by atoms with E-state index in [-0.39, 0.29) is 5.84 Å². The molecule has 0 aliphatic carbocycles. The van der Waals surface area contributed by atoms with Crippen LogP contribution in [0.2, 0.25) is 0 Å². The highest BCUT2D eigenvalue weighted by molar-refractivity contribution is 6.05. The zero-order valence-electron chi connectivity index (χ0n) is 11.3. The fraction of sp³-hybridized carbons (Fsp3) is 0.125. The van der Waals surface area contributed by atoms with Crippen LogP contribution in [0, 0.1) is 12.3 Å². The molecule has 0 saturated heterocycles. The third-order valence-corrected chi connectivity index (χ3v) is 3.37. The normalized spacial score (nSPS) is 10.8. The number of aromatic nitrogens is 2. The Morgan fingerprint density at radius 3 is 2.55 bits per heavy atom. The Bertz CT molecular complexity index is 769. The fourth-order valence-electron chi connectivity index (χ4n) is 2.31. The van der Waals surface area contributed by atoms with Crippen LogP contribution < -0.4 is 5.73 Å². The van der Waals surface area contributed by atoms with Gasteiger partial charge in [0.15, 0.2) is 0 Å². The van der Waals surface area contributed by atoms with Crippen molar-refractivity contribution in [3.05, 3.63) is 65.4 Å². The van der Waals surface area contributed by atoms with E-state index >= 15 is 0 Å². The van der Waals surface area contributed by atoms with Gasteiger partial charge in [-0.25, -0.2) is 0 Å². The standard InChI is InChI=1S/C16H16N4/c1-11-6-8-12(9-7-11)10-20-14-5-3-2-4-13(14)15(19-20)16(17)18/h2-9H,10H2,1H3,(H3,17,18). The molecule has 1 heterocycles. The molecule has 2 aromatic carbocycles. The summed E-state index contributed by atoms with van der Waals surface area (Å²) in [5, 5.41) is 13.0. The first-order chi connectivity index (χ1) is 9.65. The highest BCUT2D eigenvalue weighted by Gasteiger charge is 2.12. The van der Waals surface area contributed by atoms with E-state index in [4.69, 9.17) is 11.1 Å². The minimum Gasteiger partial charge on any atom is -0.382 e. The Hall–Kier alpha value is -2.62. The average Bonchev–Trinajstić information content (AvgIpc) is 2.81. The summed E-state index contributed by atoms with van der Waals surface area (Å²) < 4.78 is 1.90. The number of amidine groups is 1. The minimum absolute atomic E-state index is 0.00357. The van der Waals surface area contributed by atoms with Crippen molar-refractivity contribution in [3.8, 4) is 0 Å². The van der Waals surface area contributed by atoms with Gasteiger partial charge in [0.1, 0.15) is 11.5 Å². The van der Waals surface area contributed by atoms with E-state index in [1.807, 2.05) is 28.9 Å². The summed E-state index contributed by atoms with van der Waals surface area (Å²) in [6, 6.07) is 16.2. The predicted octanol–water partition coefficient (Wildman–Crippen LogP) is 2.68. The molecule has 0 spiro atoms. The SMILES string of the molecule is Cc1ccc(Cn2nc(C(=N)N)c3ccccc32)cc1. The third kappa shape index (κ3) is 2.16. The van der Waals surface area contributed by atoms with Gasteiger partial charge in [-0.1, -0.05) is 48.0 Å². The lowest BCUT2D eigenvalue weighted by atomic mass is 10.1. The maximum Gasteiger partial charge on any atom is 0.144 e. The first kappa shape index (κ1) is 12.4. The van der Waals surface area contributed by atoms with Crippen molar-refractivity contribution in [2.24, 2.45) is 5.73 Å². The van der Waals surface area contributed by atoms with Crippen molar-refractivity contribution >= 4 is 16.7 Å². The van der Waals surface area contributed by atoms with Crippen LogP contribution in [0.3, 0.4) is 0 Å². The minimum atomic E-state index is 0.00357. The maximum atomic E-state index is 7.64. The number of nitrogens with two attached hydrogens (primary N) is 1. The molecule has 0 bridgehead atoms. The van der Waals surface area contributed by atoms with Gasteiger partial charge in [-0.3, -0.25) is 10.1 Å². The van der Waals surface area contributed by atoms with Gasteiger partial charge >= 0.3 is 0 Å². The lowest BCUT2D eigenvalue weighted by Gasteiger charge is -2.04. The molecule has 100 valence electrons. The van der Waals surface area contributed by atoms with Crippen LogP contribution in [-0.4, -0.2) is 15.6 Å². The van der Waals surface area contributed by atoms with Crippen LogP contribution >= 0.6 is 0 Å². The first-order valence-electron chi connectivity index (χ1n) is 6.50. The molecule has 0 aliphatic heterocycles. The van der Waals surface area contributed by atoms with Crippen molar-refractivity contribution in [2.75, 3.05) is 0 Å². The summed E-state index contributed by atoms with van der Waals surface area (Å²) in [6.45, 7) is 2.75. The molecule has 3 aromatic rings. The highest BCUT2D eigenvalue weighted by atomic mass is 15.3. The van der Waals surface area contributed by atoms with Gasteiger partial charge in [-0.05, 0) is 18.6 Å². The van der Waals surface area contributed by atoms with Crippen molar-refractivity contribution in [3.63, 3.8) is 0 Å². The Balaban J connectivity index is 2.07. The summed E-state index contributed by atoms with van der Waals surface area (Å²) in [4.78, 5) is 0. The Morgan fingerprint density at radius 2 is 1.85 bits per heavy atom. The van der Waals surface area contributed by atoms with Crippen LogP contribution in [0.25, 0.3) is 10.9 Å². The number of benzene rings is 2. The summed E-state index contributed by atoms with van der Waals surface area (Å²) in [5.41, 5.74) is 9.58. The molecule has 0 saturated carbocycles. The average molecular weight is 264 g/mol. The molecule has 1 aromatic heterocycles. The lowest BCUT2D eigenvalue weighted by Crippen LogP contribution is -2.13. The largest absolute Gasteiger partial charge is 0.382 e. The van der Waals surface area contributed by atoms with Gasteiger partial charge in [0.05, 0.1) is 12.1 Å². The molecule has 3 N–H and O–H groups in total. The zero-order valence-corrected chi connectivity index (χ0v) is 11.3. The van der Waals surface area contributed by atoms with E-state index in [2.05, 4.69) is 36.3 Å². The maximum absolute atomic E-state index is 7.64. The quantitative estimate of drug-likeness (QED) is 0.564. The second-order valence-corrected chi connectivity index (χ2v) is 4.92. The van der Waals surface area contributed by atoms with Crippen LogP contribution in [0.15, 0.2) is 48.5 Å². The summed E-state index contributed by atoms with van der Waals surface area (Å²) in [7, 11) is 0. The van der Waals surface area contributed by atoms with Crippen molar-refractivity contribution in [2.45, 2.75) is 13.5 Å². The molecule has 0 aliphatic rings. The summed E-state index contributed by atoms with van der Waals surface area (Å²) >= 11 is 0. The monoisotopic (exact) mass is 264 g/mol. The Labute approximate surface area is 117 Å². The molecule has 0 atom stereocenters. The Morgan fingerprint density at radius 1 is 1.15 bits per heavy atom. The molecule has 4 nitrogen and oxygen atoms in total. The number of nitrogen functional groups attached to an aromatic ring is 1. The van der Waals surface area contributed by atoms with Gasteiger partial charge in [-0.2, -0.15) is 5.10 Å². The van der Waals surface area contributed by atoms with E-state index in [1.54, 1.807) is 0 Å². The number of rotatable bonds is 3. The smallest absolute Gasteiger partial charge is 0.144 e. The summed E-state index contributed by atoms with van der Waals surface area (Å²) in [6.07, 6.45) is 0. The number of nitrogens with zero attached hydrogens (tertiary/aromatic N) is 2. The topological polar surface area (TPSA) is 67.7 Å². The molecule has 0 unspecified atom stereocenters. The van der Waals surface area contributed by atoms with Gasteiger partial charge in [0, 0.05) is 5.39 Å². The van der Waals surface area contributed by atoms with E-state index in [0.717, 1.165) is 10.9 Å². The van der Waals surface area contributed by atoms with E-state index in [9.17, 15) is 0 Å². The number of nitrogens with one attached hydrogen (secondary N) is 1. The van der Waals surface area contributed by atoms with Gasteiger partial charge in [0.25, 0.3) is 0 Å². The number of hydrogen-bond donors (Lipinski definition) is 2. The molecule has 20 heavy (non-hydrogen) atoms. The zero-order chi connectivity index (χ0) is 14.1. The second kappa shape index (κ2) is 4.81. The highest BCUT2D eigenvalue weighted by Crippen LogP contribution is 2.19.